The summed E-state index contributed by atoms with van der Waals surface area (Å²) in [6.07, 6.45) is 2.66. The molecule has 0 bridgehead atoms. The van der Waals surface area contributed by atoms with Crippen molar-refractivity contribution < 1.29 is 9.15 Å². The Labute approximate surface area is 137 Å². The molecular formula is C18H25N3O2. The second-order valence-corrected chi connectivity index (χ2v) is 5.30. The number of ether oxygens (including phenoxy) is 1. The van der Waals surface area contributed by atoms with E-state index in [4.69, 9.17) is 9.15 Å². The van der Waals surface area contributed by atoms with Crippen molar-refractivity contribution >= 4 is 5.96 Å². The number of hydrogen-bond acceptors (Lipinski definition) is 3. The molecule has 0 spiro atoms. The monoisotopic (exact) mass is 315 g/mol. The molecule has 0 saturated heterocycles. The van der Waals surface area contributed by atoms with Gasteiger partial charge in [-0.3, -0.25) is 4.99 Å². The standard InChI is InChI=1S/C18H25N3O2/c1-4-15(23-17-10-6-5-8-14(17)2)12-20-18(19-3)21-13-16-9-7-11-22-16/h5-11,15H,4,12-13H2,1-3H3,(H2,19,20,21). The van der Waals surface area contributed by atoms with Crippen LogP contribution in [-0.4, -0.2) is 25.7 Å². The van der Waals surface area contributed by atoms with Crippen LogP contribution in [-0.2, 0) is 6.54 Å². The van der Waals surface area contributed by atoms with Gasteiger partial charge in [0, 0.05) is 7.05 Å². The fraction of sp³-hybridized carbons (Fsp3) is 0.389. The van der Waals surface area contributed by atoms with E-state index in [1.54, 1.807) is 13.3 Å². The highest BCUT2D eigenvalue weighted by molar-refractivity contribution is 5.79. The van der Waals surface area contributed by atoms with Gasteiger partial charge in [-0.05, 0) is 37.1 Å². The van der Waals surface area contributed by atoms with Gasteiger partial charge in [0.25, 0.3) is 0 Å². The quantitative estimate of drug-likeness (QED) is 0.609. The normalized spacial score (nSPS) is 12.7. The summed E-state index contributed by atoms with van der Waals surface area (Å²) < 4.78 is 11.4. The lowest BCUT2D eigenvalue weighted by Gasteiger charge is -2.20. The molecule has 0 aliphatic rings. The molecule has 0 fully saturated rings. The Kier molecular flexibility index (Phi) is 6.54. The highest BCUT2D eigenvalue weighted by atomic mass is 16.5. The SMILES string of the molecule is CCC(CNC(=NC)NCc1ccco1)Oc1ccccc1C. The molecule has 1 unspecified atom stereocenters. The highest BCUT2D eigenvalue weighted by Gasteiger charge is 2.10. The topological polar surface area (TPSA) is 58.8 Å². The van der Waals surface area contributed by atoms with Crippen LogP contribution in [0.5, 0.6) is 5.75 Å². The van der Waals surface area contributed by atoms with Gasteiger partial charge in [0.05, 0.1) is 19.4 Å². The average Bonchev–Trinajstić information content (AvgIpc) is 3.09. The van der Waals surface area contributed by atoms with Gasteiger partial charge in [-0.2, -0.15) is 0 Å². The predicted octanol–water partition coefficient (Wildman–Crippen LogP) is 3.11. The molecule has 1 heterocycles. The lowest BCUT2D eigenvalue weighted by molar-refractivity contribution is 0.198. The van der Waals surface area contributed by atoms with Crippen molar-refractivity contribution in [2.75, 3.05) is 13.6 Å². The van der Waals surface area contributed by atoms with Crippen LogP contribution in [0.4, 0.5) is 0 Å². The summed E-state index contributed by atoms with van der Waals surface area (Å²) in [5, 5.41) is 6.51. The summed E-state index contributed by atoms with van der Waals surface area (Å²) in [5.41, 5.74) is 1.14. The molecule has 1 atom stereocenters. The minimum Gasteiger partial charge on any atom is -0.488 e. The fourth-order valence-corrected chi connectivity index (χ4v) is 2.15. The average molecular weight is 315 g/mol. The first-order chi connectivity index (χ1) is 11.2. The number of para-hydroxylation sites is 1. The first-order valence-electron chi connectivity index (χ1n) is 7.92. The van der Waals surface area contributed by atoms with Gasteiger partial charge < -0.3 is 19.8 Å². The van der Waals surface area contributed by atoms with Gasteiger partial charge in [-0.25, -0.2) is 0 Å². The van der Waals surface area contributed by atoms with E-state index in [9.17, 15) is 0 Å². The summed E-state index contributed by atoms with van der Waals surface area (Å²) in [6.45, 7) is 5.45. The number of benzene rings is 1. The summed E-state index contributed by atoms with van der Waals surface area (Å²) in [5.74, 6) is 2.53. The van der Waals surface area contributed by atoms with Crippen LogP contribution >= 0.6 is 0 Å². The van der Waals surface area contributed by atoms with E-state index in [1.807, 2.05) is 30.3 Å². The molecule has 5 nitrogen and oxygen atoms in total. The summed E-state index contributed by atoms with van der Waals surface area (Å²) in [7, 11) is 1.75. The molecule has 124 valence electrons. The molecule has 5 heteroatoms. The third-order valence-corrected chi connectivity index (χ3v) is 3.57. The Morgan fingerprint density at radius 3 is 2.70 bits per heavy atom. The molecule has 2 N–H and O–H groups in total. The zero-order chi connectivity index (χ0) is 16.5. The largest absolute Gasteiger partial charge is 0.488 e. The lowest BCUT2D eigenvalue weighted by atomic mass is 10.2. The predicted molar refractivity (Wildman–Crippen MR) is 92.8 cm³/mol. The van der Waals surface area contributed by atoms with Gasteiger partial charge in [0.15, 0.2) is 5.96 Å². The Morgan fingerprint density at radius 2 is 2.04 bits per heavy atom. The Balaban J connectivity index is 1.82. The van der Waals surface area contributed by atoms with E-state index in [0.717, 1.165) is 29.5 Å². The first-order valence-corrected chi connectivity index (χ1v) is 7.92. The number of hydrogen-bond donors (Lipinski definition) is 2. The molecule has 1 aromatic carbocycles. The molecule has 23 heavy (non-hydrogen) atoms. The number of nitrogens with one attached hydrogen (secondary N) is 2. The Hall–Kier alpha value is -2.43. The Morgan fingerprint density at radius 1 is 1.22 bits per heavy atom. The molecule has 2 aromatic rings. The van der Waals surface area contributed by atoms with E-state index in [1.165, 1.54) is 0 Å². The number of aliphatic imine (C=N–C) groups is 1. The minimum atomic E-state index is 0.0817. The van der Waals surface area contributed by atoms with E-state index in [2.05, 4.69) is 35.5 Å². The molecule has 0 saturated carbocycles. The van der Waals surface area contributed by atoms with Crippen LogP contribution in [0.2, 0.25) is 0 Å². The number of rotatable bonds is 7. The number of nitrogens with zero attached hydrogens (tertiary/aromatic N) is 1. The van der Waals surface area contributed by atoms with E-state index >= 15 is 0 Å². The molecule has 1 aromatic heterocycles. The number of aryl methyl sites for hydroxylation is 1. The van der Waals surface area contributed by atoms with E-state index in [-0.39, 0.29) is 6.10 Å². The summed E-state index contributed by atoms with van der Waals surface area (Å²) in [4.78, 5) is 4.22. The van der Waals surface area contributed by atoms with Crippen molar-refractivity contribution in [3.05, 3.63) is 54.0 Å². The summed E-state index contributed by atoms with van der Waals surface area (Å²) in [6, 6.07) is 11.9. The van der Waals surface area contributed by atoms with Gasteiger partial charge >= 0.3 is 0 Å². The van der Waals surface area contributed by atoms with Crippen molar-refractivity contribution in [1.82, 2.24) is 10.6 Å². The molecule has 0 aliphatic carbocycles. The smallest absolute Gasteiger partial charge is 0.191 e. The molecular weight excluding hydrogens is 290 g/mol. The van der Waals surface area contributed by atoms with Gasteiger partial charge in [0.2, 0.25) is 0 Å². The van der Waals surface area contributed by atoms with Gasteiger partial charge in [-0.1, -0.05) is 25.1 Å². The summed E-state index contributed by atoms with van der Waals surface area (Å²) >= 11 is 0. The van der Waals surface area contributed by atoms with Gasteiger partial charge in [-0.15, -0.1) is 0 Å². The molecule has 0 aliphatic heterocycles. The van der Waals surface area contributed by atoms with Crippen LogP contribution in [0.3, 0.4) is 0 Å². The van der Waals surface area contributed by atoms with Crippen molar-refractivity contribution in [3.63, 3.8) is 0 Å². The van der Waals surface area contributed by atoms with Crippen LogP contribution in [0, 0.1) is 6.92 Å². The van der Waals surface area contributed by atoms with E-state index in [0.29, 0.717) is 13.1 Å². The molecule has 2 rings (SSSR count). The molecule has 0 amide bonds. The highest BCUT2D eigenvalue weighted by Crippen LogP contribution is 2.18. The van der Waals surface area contributed by atoms with E-state index < -0.39 is 0 Å². The first kappa shape index (κ1) is 16.9. The zero-order valence-corrected chi connectivity index (χ0v) is 14.0. The number of guanidine groups is 1. The van der Waals surface area contributed by atoms with Crippen molar-refractivity contribution in [3.8, 4) is 5.75 Å². The van der Waals surface area contributed by atoms with Crippen molar-refractivity contribution in [2.24, 2.45) is 4.99 Å². The lowest BCUT2D eigenvalue weighted by Crippen LogP contribution is -2.42. The third kappa shape index (κ3) is 5.36. The fourth-order valence-electron chi connectivity index (χ4n) is 2.15. The maximum atomic E-state index is 6.08. The second-order valence-electron chi connectivity index (χ2n) is 5.30. The number of furan rings is 1. The van der Waals surface area contributed by atoms with Crippen molar-refractivity contribution in [2.45, 2.75) is 32.9 Å². The van der Waals surface area contributed by atoms with Crippen LogP contribution in [0.1, 0.15) is 24.7 Å². The van der Waals surface area contributed by atoms with Crippen LogP contribution < -0.4 is 15.4 Å². The van der Waals surface area contributed by atoms with Gasteiger partial charge in [0.1, 0.15) is 17.6 Å². The maximum Gasteiger partial charge on any atom is 0.191 e. The van der Waals surface area contributed by atoms with Crippen molar-refractivity contribution in [1.29, 1.82) is 0 Å². The maximum absolute atomic E-state index is 6.08. The molecule has 0 radical (unpaired) electrons. The van der Waals surface area contributed by atoms with Crippen LogP contribution in [0.15, 0.2) is 52.1 Å². The Bertz CT molecular complexity index is 608. The minimum absolute atomic E-state index is 0.0817. The zero-order valence-electron chi connectivity index (χ0n) is 14.0. The second kappa shape index (κ2) is 8.88. The van der Waals surface area contributed by atoms with Crippen LogP contribution in [0.25, 0.3) is 0 Å². The third-order valence-electron chi connectivity index (χ3n) is 3.57.